The molecule has 5 unspecified atom stereocenters. The molecule has 1 fully saturated rings. The minimum atomic E-state index is -4.31. The molecule has 1 aliphatic heterocycles. The summed E-state index contributed by atoms with van der Waals surface area (Å²) in [5.41, 5.74) is 1.72. The third kappa shape index (κ3) is 7.57. The molecular formula is C30H41F3N3OPS. The van der Waals surface area contributed by atoms with E-state index in [-0.39, 0.29) is 31.7 Å². The second-order valence-electron chi connectivity index (χ2n) is 11.2. The van der Waals surface area contributed by atoms with Crippen molar-refractivity contribution in [2.45, 2.75) is 81.6 Å². The van der Waals surface area contributed by atoms with E-state index in [1.54, 1.807) is 13.2 Å². The molecule has 5 atom stereocenters. The molecule has 0 spiro atoms. The van der Waals surface area contributed by atoms with Crippen molar-refractivity contribution in [1.29, 1.82) is 0 Å². The number of benzene rings is 1. The number of fused-ring (bicyclic) bond motifs is 1. The van der Waals surface area contributed by atoms with Gasteiger partial charge in [0.25, 0.3) is 0 Å². The molecule has 0 radical (unpaired) electrons. The molecule has 9 heteroatoms. The van der Waals surface area contributed by atoms with Crippen LogP contribution in [0.5, 0.6) is 0 Å². The largest absolute Gasteiger partial charge is 0.393 e. The van der Waals surface area contributed by atoms with Gasteiger partial charge in [-0.1, -0.05) is 36.1 Å². The third-order valence-electron chi connectivity index (χ3n) is 8.21. The normalized spacial score (nSPS) is 28.1. The maximum absolute atomic E-state index is 13.6. The first-order valence-corrected chi connectivity index (χ1v) is 16.8. The number of nitrogens with zero attached hydrogens (tertiary/aromatic N) is 1. The van der Waals surface area contributed by atoms with Gasteiger partial charge in [-0.3, -0.25) is 5.32 Å². The van der Waals surface area contributed by atoms with Gasteiger partial charge >= 0.3 is 6.18 Å². The zero-order valence-electron chi connectivity index (χ0n) is 23.7. The minimum Gasteiger partial charge on any atom is -0.381 e. The van der Waals surface area contributed by atoms with E-state index >= 15 is 0 Å². The van der Waals surface area contributed by atoms with Gasteiger partial charge in [0, 0.05) is 25.2 Å². The molecule has 1 aromatic carbocycles. The van der Waals surface area contributed by atoms with Gasteiger partial charge in [-0.05, 0) is 76.2 Å². The number of ether oxygens (including phenoxy) is 1. The van der Waals surface area contributed by atoms with Crippen LogP contribution in [0, 0.1) is 11.8 Å². The Morgan fingerprint density at radius 3 is 2.49 bits per heavy atom. The highest BCUT2D eigenvalue weighted by Gasteiger charge is 2.32. The van der Waals surface area contributed by atoms with Gasteiger partial charge in [0.05, 0.1) is 40.4 Å². The van der Waals surface area contributed by atoms with Gasteiger partial charge in [0.15, 0.2) is 0 Å². The molecule has 1 aliphatic carbocycles. The molecule has 39 heavy (non-hydrogen) atoms. The summed E-state index contributed by atoms with van der Waals surface area (Å²) in [6, 6.07) is 6.83. The van der Waals surface area contributed by atoms with Crippen LogP contribution in [0.25, 0.3) is 10.1 Å². The Kier molecular flexibility index (Phi) is 10.0. The molecular weight excluding hydrogens is 538 g/mol. The van der Waals surface area contributed by atoms with Gasteiger partial charge in [0.1, 0.15) is 0 Å². The molecule has 0 saturated carbocycles. The summed E-state index contributed by atoms with van der Waals surface area (Å²) in [5, 5.41) is 7.73. The van der Waals surface area contributed by atoms with Crippen molar-refractivity contribution in [3.63, 3.8) is 0 Å². The van der Waals surface area contributed by atoms with E-state index in [1.807, 2.05) is 12.1 Å². The maximum atomic E-state index is 13.6. The van der Waals surface area contributed by atoms with E-state index in [2.05, 4.69) is 73.8 Å². The molecule has 2 aromatic rings. The SMILES string of the molecule is COC1CC(P(C)C)C=CC1NCC#Cc1sc2c(NC3CC(C)N(C)C(C)C3)cccc2c1CC(F)(F)F. The van der Waals surface area contributed by atoms with Crippen LogP contribution < -0.4 is 10.6 Å². The number of allylic oxidation sites excluding steroid dienone is 1. The van der Waals surface area contributed by atoms with Crippen LogP contribution in [-0.4, -0.2) is 81.0 Å². The molecule has 2 aliphatic rings. The Morgan fingerprint density at radius 2 is 1.85 bits per heavy atom. The average molecular weight is 580 g/mol. The maximum Gasteiger partial charge on any atom is 0.393 e. The van der Waals surface area contributed by atoms with Crippen molar-refractivity contribution in [3.8, 4) is 11.8 Å². The van der Waals surface area contributed by atoms with Crippen LogP contribution in [0.4, 0.5) is 18.9 Å². The predicted molar refractivity (Wildman–Crippen MR) is 161 cm³/mol. The lowest BCUT2D eigenvalue weighted by atomic mass is 9.93. The summed E-state index contributed by atoms with van der Waals surface area (Å²) in [5.74, 6) is 6.19. The number of methoxy groups -OCH3 is 1. The third-order valence-corrected chi connectivity index (χ3v) is 11.1. The fourth-order valence-electron chi connectivity index (χ4n) is 5.74. The molecule has 4 nitrogen and oxygen atoms in total. The summed E-state index contributed by atoms with van der Waals surface area (Å²) < 4.78 is 47.5. The lowest BCUT2D eigenvalue weighted by Crippen LogP contribution is -2.47. The summed E-state index contributed by atoms with van der Waals surface area (Å²) >= 11 is 1.37. The average Bonchev–Trinajstić information content (AvgIpc) is 3.21. The van der Waals surface area contributed by atoms with E-state index in [0.717, 1.165) is 29.6 Å². The molecule has 4 rings (SSSR count). The van der Waals surface area contributed by atoms with Gasteiger partial charge in [-0.2, -0.15) is 13.2 Å². The Bertz CT molecular complexity index is 1210. The number of alkyl halides is 3. The van der Waals surface area contributed by atoms with E-state index in [0.29, 0.717) is 34.6 Å². The molecule has 0 bridgehead atoms. The highest BCUT2D eigenvalue weighted by molar-refractivity contribution is 7.57. The number of hydrogen-bond donors (Lipinski definition) is 2. The topological polar surface area (TPSA) is 36.5 Å². The highest BCUT2D eigenvalue weighted by Crippen LogP contribution is 2.40. The van der Waals surface area contributed by atoms with Crippen LogP contribution in [0.3, 0.4) is 0 Å². The number of piperidine rings is 1. The molecule has 1 aromatic heterocycles. The number of halogens is 3. The first kappa shape index (κ1) is 30.3. The summed E-state index contributed by atoms with van der Waals surface area (Å²) in [4.78, 5) is 2.88. The Hall–Kier alpha value is -1.62. The molecule has 1 saturated heterocycles. The lowest BCUT2D eigenvalue weighted by Gasteiger charge is -2.40. The Morgan fingerprint density at radius 1 is 1.13 bits per heavy atom. The van der Waals surface area contributed by atoms with Crippen LogP contribution in [0.2, 0.25) is 0 Å². The van der Waals surface area contributed by atoms with Crippen molar-refractivity contribution in [3.05, 3.63) is 40.8 Å². The quantitative estimate of drug-likeness (QED) is 0.218. The number of hydrogen-bond acceptors (Lipinski definition) is 5. The Labute approximate surface area is 236 Å². The molecule has 214 valence electrons. The van der Waals surface area contributed by atoms with Crippen LogP contribution in [0.1, 0.15) is 43.6 Å². The van der Waals surface area contributed by atoms with E-state index in [4.69, 9.17) is 4.74 Å². The van der Waals surface area contributed by atoms with Crippen LogP contribution >= 0.6 is 19.3 Å². The van der Waals surface area contributed by atoms with E-state index in [1.165, 1.54) is 11.3 Å². The van der Waals surface area contributed by atoms with Gasteiger partial charge in [-0.25, -0.2) is 0 Å². The van der Waals surface area contributed by atoms with Crippen molar-refractivity contribution in [1.82, 2.24) is 10.2 Å². The summed E-state index contributed by atoms with van der Waals surface area (Å²) in [6.45, 7) is 9.37. The fourth-order valence-corrected chi connectivity index (χ4v) is 7.98. The van der Waals surface area contributed by atoms with Crippen molar-refractivity contribution < 1.29 is 17.9 Å². The number of nitrogens with one attached hydrogen (secondary N) is 2. The minimum absolute atomic E-state index is 0.0441. The van der Waals surface area contributed by atoms with Crippen LogP contribution in [0.15, 0.2) is 30.4 Å². The highest BCUT2D eigenvalue weighted by atomic mass is 32.1. The second-order valence-corrected chi connectivity index (χ2v) is 14.8. The monoisotopic (exact) mass is 579 g/mol. The van der Waals surface area contributed by atoms with Gasteiger partial charge in [-0.15, -0.1) is 19.3 Å². The lowest BCUT2D eigenvalue weighted by molar-refractivity contribution is -0.126. The summed E-state index contributed by atoms with van der Waals surface area (Å²) in [6.07, 6.45) is 2.15. The van der Waals surface area contributed by atoms with Crippen molar-refractivity contribution in [2.24, 2.45) is 0 Å². The smallest absolute Gasteiger partial charge is 0.381 e. The van der Waals surface area contributed by atoms with Gasteiger partial charge < -0.3 is 15.0 Å². The van der Waals surface area contributed by atoms with Crippen molar-refractivity contribution in [2.75, 3.05) is 39.3 Å². The second kappa shape index (κ2) is 12.9. The zero-order valence-corrected chi connectivity index (χ0v) is 25.4. The number of likely N-dealkylation sites (tertiary alicyclic amines) is 1. The number of anilines is 1. The van der Waals surface area contributed by atoms with Crippen molar-refractivity contribution >= 4 is 35.0 Å². The first-order chi connectivity index (χ1) is 18.5. The number of rotatable bonds is 7. The van der Waals surface area contributed by atoms with E-state index in [9.17, 15) is 13.2 Å². The predicted octanol–water partition coefficient (Wildman–Crippen LogP) is 6.68. The fraction of sp³-hybridized carbons (Fsp3) is 0.600. The number of thiophene rings is 1. The Balaban J connectivity index is 1.55. The molecule has 2 heterocycles. The van der Waals surface area contributed by atoms with E-state index < -0.39 is 12.6 Å². The van der Waals surface area contributed by atoms with Crippen LogP contribution in [-0.2, 0) is 11.2 Å². The molecule has 0 amide bonds. The summed E-state index contributed by atoms with van der Waals surface area (Å²) in [7, 11) is 3.80. The molecule has 2 N–H and O–H groups in total. The zero-order chi connectivity index (χ0) is 28.3. The first-order valence-electron chi connectivity index (χ1n) is 13.7. The van der Waals surface area contributed by atoms with Gasteiger partial charge in [0.2, 0.25) is 0 Å². The standard InChI is InChI=1S/C30H41F3N3OPS/c1-19-15-21(16-20(2)36(19)3)35-26-10-7-9-23-24(18-30(31,32)33)28(39-29(23)26)11-8-14-34-25-13-12-22(38(5)6)17-27(25)37-4/h7,9-10,12-13,19-22,25,27,34-35H,14-18H2,1-6H3.